The van der Waals surface area contributed by atoms with Gasteiger partial charge in [-0.15, -0.1) is 0 Å². The lowest BCUT2D eigenvalue weighted by atomic mass is 10.1. The van der Waals surface area contributed by atoms with Gasteiger partial charge in [-0.1, -0.05) is 30.3 Å². The standard InChI is InChI=1S/C15H22N2O2/c1-17(2)13(12-7-4-3-5-8-12)11-16-15(18)14-9-6-10-19-14/h3-5,7-8,13-14H,6,9-11H2,1-2H3,(H,16,18)/t13-,14+/m0/s1. The zero-order valence-electron chi connectivity index (χ0n) is 11.6. The van der Waals surface area contributed by atoms with Gasteiger partial charge in [-0.3, -0.25) is 4.79 Å². The lowest BCUT2D eigenvalue weighted by Crippen LogP contribution is -2.39. The number of nitrogens with zero attached hydrogens (tertiary/aromatic N) is 1. The average Bonchev–Trinajstić information content (AvgIpc) is 2.93. The molecule has 0 radical (unpaired) electrons. The normalized spacial score (nSPS) is 20.5. The van der Waals surface area contributed by atoms with Crippen molar-refractivity contribution in [3.8, 4) is 0 Å². The van der Waals surface area contributed by atoms with E-state index in [1.807, 2.05) is 32.3 Å². The Hall–Kier alpha value is -1.39. The van der Waals surface area contributed by atoms with Crippen molar-refractivity contribution in [3.63, 3.8) is 0 Å². The second kappa shape index (κ2) is 6.68. The van der Waals surface area contributed by atoms with Crippen LogP contribution >= 0.6 is 0 Å². The van der Waals surface area contributed by atoms with Gasteiger partial charge in [0.1, 0.15) is 6.10 Å². The Labute approximate surface area is 114 Å². The van der Waals surface area contributed by atoms with Crippen molar-refractivity contribution < 1.29 is 9.53 Å². The lowest BCUT2D eigenvalue weighted by Gasteiger charge is -2.25. The Morgan fingerprint density at radius 1 is 1.42 bits per heavy atom. The van der Waals surface area contributed by atoms with Crippen molar-refractivity contribution in [2.24, 2.45) is 0 Å². The molecule has 1 N–H and O–H groups in total. The van der Waals surface area contributed by atoms with Crippen LogP contribution in [0.25, 0.3) is 0 Å². The molecule has 1 aromatic rings. The molecule has 0 aliphatic carbocycles. The molecule has 1 amide bonds. The summed E-state index contributed by atoms with van der Waals surface area (Å²) in [6, 6.07) is 10.4. The van der Waals surface area contributed by atoms with Crippen LogP contribution in [0.1, 0.15) is 24.4 Å². The number of amides is 1. The fraction of sp³-hybridized carbons (Fsp3) is 0.533. The maximum Gasteiger partial charge on any atom is 0.249 e. The van der Waals surface area contributed by atoms with E-state index in [-0.39, 0.29) is 18.1 Å². The molecule has 2 rings (SSSR count). The maximum absolute atomic E-state index is 11.9. The molecule has 104 valence electrons. The van der Waals surface area contributed by atoms with Crippen LogP contribution in [0.15, 0.2) is 30.3 Å². The number of ether oxygens (including phenoxy) is 1. The van der Waals surface area contributed by atoms with Gasteiger partial charge < -0.3 is 15.0 Å². The van der Waals surface area contributed by atoms with Crippen LogP contribution in [0.5, 0.6) is 0 Å². The minimum Gasteiger partial charge on any atom is -0.368 e. The van der Waals surface area contributed by atoms with Gasteiger partial charge in [-0.2, -0.15) is 0 Å². The van der Waals surface area contributed by atoms with Crippen LogP contribution < -0.4 is 5.32 Å². The summed E-state index contributed by atoms with van der Waals surface area (Å²) >= 11 is 0. The molecule has 1 saturated heterocycles. The van der Waals surface area contributed by atoms with Crippen LogP contribution in [-0.4, -0.2) is 44.2 Å². The van der Waals surface area contributed by atoms with Gasteiger partial charge in [-0.25, -0.2) is 0 Å². The van der Waals surface area contributed by atoms with E-state index in [9.17, 15) is 4.79 Å². The van der Waals surface area contributed by atoms with E-state index in [1.165, 1.54) is 5.56 Å². The van der Waals surface area contributed by atoms with Crippen molar-refractivity contribution >= 4 is 5.91 Å². The van der Waals surface area contributed by atoms with Gasteiger partial charge in [0, 0.05) is 13.2 Å². The number of hydrogen-bond donors (Lipinski definition) is 1. The highest BCUT2D eigenvalue weighted by atomic mass is 16.5. The molecule has 4 nitrogen and oxygen atoms in total. The maximum atomic E-state index is 11.9. The number of rotatable bonds is 5. The predicted molar refractivity (Wildman–Crippen MR) is 74.9 cm³/mol. The van der Waals surface area contributed by atoms with E-state index >= 15 is 0 Å². The predicted octanol–water partition coefficient (Wildman–Crippen LogP) is 1.58. The van der Waals surface area contributed by atoms with Crippen molar-refractivity contribution in [3.05, 3.63) is 35.9 Å². The minimum absolute atomic E-state index is 0.0141. The van der Waals surface area contributed by atoms with E-state index in [1.54, 1.807) is 0 Å². The molecule has 4 heteroatoms. The second-order valence-corrected chi connectivity index (χ2v) is 5.14. The Kier molecular flexibility index (Phi) is 4.93. The smallest absolute Gasteiger partial charge is 0.249 e. The van der Waals surface area contributed by atoms with Crippen molar-refractivity contribution in [1.82, 2.24) is 10.2 Å². The monoisotopic (exact) mass is 262 g/mol. The van der Waals surface area contributed by atoms with Crippen LogP contribution in [0, 0.1) is 0 Å². The van der Waals surface area contributed by atoms with Crippen molar-refractivity contribution in [2.75, 3.05) is 27.2 Å². The fourth-order valence-electron chi connectivity index (χ4n) is 2.37. The van der Waals surface area contributed by atoms with E-state index in [0.717, 1.165) is 12.8 Å². The van der Waals surface area contributed by atoms with Crippen molar-refractivity contribution in [1.29, 1.82) is 0 Å². The molecule has 0 bridgehead atoms. The van der Waals surface area contributed by atoms with Crippen LogP contribution in [0.4, 0.5) is 0 Å². The number of nitrogens with one attached hydrogen (secondary N) is 1. The summed E-state index contributed by atoms with van der Waals surface area (Å²) in [6.45, 7) is 1.31. The summed E-state index contributed by atoms with van der Waals surface area (Å²) in [6.07, 6.45) is 1.57. The first-order valence-electron chi connectivity index (χ1n) is 6.79. The third-order valence-corrected chi connectivity index (χ3v) is 3.50. The highest BCUT2D eigenvalue weighted by Gasteiger charge is 2.24. The van der Waals surface area contributed by atoms with E-state index in [0.29, 0.717) is 13.2 Å². The Morgan fingerprint density at radius 3 is 2.74 bits per heavy atom. The SMILES string of the molecule is CN(C)[C@@H](CNC(=O)[C@H]1CCCO1)c1ccccc1. The Morgan fingerprint density at radius 2 is 2.16 bits per heavy atom. The summed E-state index contributed by atoms with van der Waals surface area (Å²) in [5.41, 5.74) is 1.21. The van der Waals surface area contributed by atoms with Gasteiger partial charge in [0.2, 0.25) is 5.91 Å². The van der Waals surface area contributed by atoms with Gasteiger partial charge in [0.05, 0.1) is 6.04 Å². The molecule has 0 saturated carbocycles. The number of benzene rings is 1. The first-order chi connectivity index (χ1) is 9.18. The Bertz CT molecular complexity index is 400. The Balaban J connectivity index is 1.92. The molecule has 0 spiro atoms. The summed E-state index contributed by atoms with van der Waals surface area (Å²) in [4.78, 5) is 14.1. The molecule has 2 atom stereocenters. The minimum atomic E-state index is -0.251. The number of hydrogen-bond acceptors (Lipinski definition) is 3. The van der Waals surface area contributed by atoms with Crippen LogP contribution in [0.3, 0.4) is 0 Å². The molecule has 1 fully saturated rings. The zero-order chi connectivity index (χ0) is 13.7. The van der Waals surface area contributed by atoms with E-state index < -0.39 is 0 Å². The molecule has 1 aliphatic rings. The molecular formula is C15H22N2O2. The molecule has 1 aliphatic heterocycles. The van der Waals surface area contributed by atoms with E-state index in [2.05, 4.69) is 22.3 Å². The summed E-state index contributed by atoms with van der Waals surface area (Å²) < 4.78 is 5.39. The fourth-order valence-corrected chi connectivity index (χ4v) is 2.37. The quantitative estimate of drug-likeness (QED) is 0.876. The van der Waals surface area contributed by atoms with E-state index in [4.69, 9.17) is 4.74 Å². The summed E-state index contributed by atoms with van der Waals surface area (Å²) in [5.74, 6) is 0.0141. The van der Waals surface area contributed by atoms with Gasteiger partial charge in [0.25, 0.3) is 0 Å². The first kappa shape index (κ1) is 14.0. The second-order valence-electron chi connectivity index (χ2n) is 5.14. The van der Waals surface area contributed by atoms with Crippen molar-refractivity contribution in [2.45, 2.75) is 25.0 Å². The molecule has 0 unspecified atom stereocenters. The summed E-state index contributed by atoms with van der Waals surface area (Å²) in [5, 5.41) is 3.00. The molecule has 1 aromatic carbocycles. The summed E-state index contributed by atoms with van der Waals surface area (Å²) in [7, 11) is 4.05. The first-order valence-corrected chi connectivity index (χ1v) is 6.79. The molecule has 1 heterocycles. The molecule has 0 aromatic heterocycles. The largest absolute Gasteiger partial charge is 0.368 e. The molecular weight excluding hydrogens is 240 g/mol. The van der Waals surface area contributed by atoms with Crippen LogP contribution in [-0.2, 0) is 9.53 Å². The number of carbonyl (C=O) groups is 1. The topological polar surface area (TPSA) is 41.6 Å². The van der Waals surface area contributed by atoms with Crippen LogP contribution in [0.2, 0.25) is 0 Å². The highest BCUT2D eigenvalue weighted by molar-refractivity contribution is 5.81. The highest BCUT2D eigenvalue weighted by Crippen LogP contribution is 2.17. The average molecular weight is 262 g/mol. The van der Waals surface area contributed by atoms with Gasteiger partial charge in [0.15, 0.2) is 0 Å². The molecule has 19 heavy (non-hydrogen) atoms. The third kappa shape index (κ3) is 3.78. The lowest BCUT2D eigenvalue weighted by molar-refractivity contribution is -0.130. The third-order valence-electron chi connectivity index (χ3n) is 3.50. The number of likely N-dealkylation sites (N-methyl/N-ethyl adjacent to an activating group) is 1. The van der Waals surface area contributed by atoms with Gasteiger partial charge in [-0.05, 0) is 32.5 Å². The zero-order valence-corrected chi connectivity index (χ0v) is 11.6. The van der Waals surface area contributed by atoms with Gasteiger partial charge >= 0.3 is 0 Å². The number of carbonyl (C=O) groups excluding carboxylic acids is 1.